The van der Waals surface area contributed by atoms with E-state index >= 15 is 0 Å². The second kappa shape index (κ2) is 8.89. The minimum atomic E-state index is -0.516. The number of benzene rings is 1. The molecule has 3 rings (SSSR count). The average molecular weight is 383 g/mol. The van der Waals surface area contributed by atoms with Crippen LogP contribution in [0.15, 0.2) is 53.8 Å². The summed E-state index contributed by atoms with van der Waals surface area (Å²) in [6.45, 7) is 6.96. The van der Waals surface area contributed by atoms with Gasteiger partial charge in [-0.2, -0.15) is 0 Å². The topological polar surface area (TPSA) is 65.1 Å². The standard InChI is InChI=1S/C22H25NO5/c1-4-11-27-17-9-7-16(8-10-17)13-19-20(22(25)26-3)15(2)23(21(19)24)14-18-6-5-12-28-18/h4,7-10,13,18H,1,5-6,11-12,14H2,2-3H3/b19-13-/t18-/m1/s1. The second-order valence-electron chi connectivity index (χ2n) is 6.73. The predicted molar refractivity (Wildman–Crippen MR) is 106 cm³/mol. The molecule has 1 fully saturated rings. The Hall–Kier alpha value is -2.86. The van der Waals surface area contributed by atoms with Crippen molar-refractivity contribution < 1.29 is 23.8 Å². The Balaban J connectivity index is 1.88. The van der Waals surface area contributed by atoms with Crippen molar-refractivity contribution in [2.75, 3.05) is 26.9 Å². The number of esters is 1. The lowest BCUT2D eigenvalue weighted by Gasteiger charge is -2.21. The van der Waals surface area contributed by atoms with Crippen LogP contribution in [0.4, 0.5) is 0 Å². The van der Waals surface area contributed by atoms with E-state index in [-0.39, 0.29) is 12.0 Å². The van der Waals surface area contributed by atoms with Crippen LogP contribution in [0.2, 0.25) is 0 Å². The van der Waals surface area contributed by atoms with Gasteiger partial charge in [0, 0.05) is 12.3 Å². The molecule has 2 aliphatic heterocycles. The molecule has 0 saturated carbocycles. The van der Waals surface area contributed by atoms with Crippen molar-refractivity contribution in [1.82, 2.24) is 4.90 Å². The molecule has 1 saturated heterocycles. The maximum absolute atomic E-state index is 13.1. The second-order valence-corrected chi connectivity index (χ2v) is 6.73. The number of ether oxygens (including phenoxy) is 3. The van der Waals surface area contributed by atoms with E-state index in [1.807, 2.05) is 24.3 Å². The van der Waals surface area contributed by atoms with Gasteiger partial charge < -0.3 is 19.1 Å². The van der Waals surface area contributed by atoms with Crippen LogP contribution in [0.3, 0.4) is 0 Å². The predicted octanol–water partition coefficient (Wildman–Crippen LogP) is 3.10. The van der Waals surface area contributed by atoms with Crippen LogP contribution in [0.1, 0.15) is 25.3 Å². The zero-order chi connectivity index (χ0) is 20.1. The van der Waals surface area contributed by atoms with Gasteiger partial charge in [-0.3, -0.25) is 4.79 Å². The molecule has 0 aromatic heterocycles. The molecule has 1 atom stereocenters. The number of amides is 1. The fourth-order valence-corrected chi connectivity index (χ4v) is 3.42. The average Bonchev–Trinajstić information content (AvgIpc) is 3.30. The van der Waals surface area contributed by atoms with E-state index in [0.29, 0.717) is 42.4 Å². The molecule has 28 heavy (non-hydrogen) atoms. The zero-order valence-electron chi connectivity index (χ0n) is 16.3. The van der Waals surface area contributed by atoms with E-state index in [0.717, 1.165) is 18.4 Å². The maximum Gasteiger partial charge on any atom is 0.340 e. The molecule has 2 aliphatic rings. The number of carbonyl (C=O) groups excluding carboxylic acids is 2. The first-order valence-corrected chi connectivity index (χ1v) is 9.33. The molecule has 2 heterocycles. The number of hydrogen-bond donors (Lipinski definition) is 0. The van der Waals surface area contributed by atoms with Crippen LogP contribution in [0, 0.1) is 0 Å². The first kappa shape index (κ1) is 19.9. The first-order chi connectivity index (χ1) is 13.5. The fraction of sp³-hybridized carbons (Fsp3) is 0.364. The summed E-state index contributed by atoms with van der Waals surface area (Å²) in [6.07, 6.45) is 5.29. The van der Waals surface area contributed by atoms with Gasteiger partial charge in [0.2, 0.25) is 0 Å². The van der Waals surface area contributed by atoms with E-state index in [2.05, 4.69) is 6.58 Å². The van der Waals surface area contributed by atoms with Gasteiger partial charge in [-0.25, -0.2) is 4.79 Å². The zero-order valence-corrected chi connectivity index (χ0v) is 16.3. The van der Waals surface area contributed by atoms with Crippen LogP contribution >= 0.6 is 0 Å². The van der Waals surface area contributed by atoms with Crippen LogP contribution in [0.25, 0.3) is 6.08 Å². The largest absolute Gasteiger partial charge is 0.490 e. The third-order valence-electron chi connectivity index (χ3n) is 4.87. The number of rotatable bonds is 7. The van der Waals surface area contributed by atoms with Gasteiger partial charge in [-0.05, 0) is 43.5 Å². The summed E-state index contributed by atoms with van der Waals surface area (Å²) in [5.41, 5.74) is 2.03. The van der Waals surface area contributed by atoms with E-state index in [9.17, 15) is 9.59 Å². The highest BCUT2D eigenvalue weighted by atomic mass is 16.5. The third-order valence-corrected chi connectivity index (χ3v) is 4.87. The molecule has 0 aliphatic carbocycles. The molecular weight excluding hydrogens is 358 g/mol. The smallest absolute Gasteiger partial charge is 0.340 e. The normalized spacial score (nSPS) is 20.8. The van der Waals surface area contributed by atoms with E-state index < -0.39 is 5.97 Å². The van der Waals surface area contributed by atoms with Crippen molar-refractivity contribution in [2.45, 2.75) is 25.9 Å². The van der Waals surface area contributed by atoms with Gasteiger partial charge in [0.1, 0.15) is 12.4 Å². The lowest BCUT2D eigenvalue weighted by molar-refractivity contribution is -0.136. The third kappa shape index (κ3) is 4.17. The van der Waals surface area contributed by atoms with E-state index in [1.165, 1.54) is 7.11 Å². The minimum Gasteiger partial charge on any atom is -0.490 e. The summed E-state index contributed by atoms with van der Waals surface area (Å²) in [5, 5.41) is 0. The van der Waals surface area contributed by atoms with E-state index in [4.69, 9.17) is 14.2 Å². The van der Waals surface area contributed by atoms with Crippen molar-refractivity contribution in [1.29, 1.82) is 0 Å². The number of allylic oxidation sites excluding steroid dienone is 1. The highest BCUT2D eigenvalue weighted by Crippen LogP contribution is 2.33. The Kier molecular flexibility index (Phi) is 6.31. The summed E-state index contributed by atoms with van der Waals surface area (Å²) < 4.78 is 16.1. The Morgan fingerprint density at radius 3 is 2.71 bits per heavy atom. The molecule has 6 nitrogen and oxygen atoms in total. The van der Waals surface area contributed by atoms with Gasteiger partial charge >= 0.3 is 5.97 Å². The molecule has 1 aromatic rings. The number of hydrogen-bond acceptors (Lipinski definition) is 5. The summed E-state index contributed by atoms with van der Waals surface area (Å²) >= 11 is 0. The summed E-state index contributed by atoms with van der Waals surface area (Å²) in [4.78, 5) is 27.0. The highest BCUT2D eigenvalue weighted by Gasteiger charge is 2.38. The van der Waals surface area contributed by atoms with Crippen molar-refractivity contribution in [3.8, 4) is 5.75 Å². The van der Waals surface area contributed by atoms with Crippen molar-refractivity contribution >= 4 is 18.0 Å². The van der Waals surface area contributed by atoms with Crippen molar-refractivity contribution in [3.05, 3.63) is 59.3 Å². The molecule has 0 spiro atoms. The SMILES string of the molecule is C=CCOc1ccc(/C=C2\C(=O)N(C[C@H]3CCCO3)C(C)=C2C(=O)OC)cc1. The van der Waals surface area contributed by atoms with Gasteiger partial charge in [0.15, 0.2) is 0 Å². The monoisotopic (exact) mass is 383 g/mol. The Morgan fingerprint density at radius 2 is 2.11 bits per heavy atom. The summed E-state index contributed by atoms with van der Waals surface area (Å²) in [5.74, 6) is -0.0158. The van der Waals surface area contributed by atoms with Crippen molar-refractivity contribution in [3.63, 3.8) is 0 Å². The van der Waals surface area contributed by atoms with Gasteiger partial charge in [-0.15, -0.1) is 0 Å². The number of nitrogens with zero attached hydrogens (tertiary/aromatic N) is 1. The first-order valence-electron chi connectivity index (χ1n) is 9.33. The maximum atomic E-state index is 13.1. The Labute approximate surface area is 165 Å². The van der Waals surface area contributed by atoms with Gasteiger partial charge in [-0.1, -0.05) is 24.8 Å². The molecule has 0 N–H and O–H groups in total. The van der Waals surface area contributed by atoms with Gasteiger partial charge in [0.25, 0.3) is 5.91 Å². The lowest BCUT2D eigenvalue weighted by Crippen LogP contribution is -2.33. The molecule has 0 unspecified atom stereocenters. The summed E-state index contributed by atoms with van der Waals surface area (Å²) in [6, 6.07) is 7.30. The molecule has 6 heteroatoms. The van der Waals surface area contributed by atoms with Crippen LogP contribution in [-0.2, 0) is 19.1 Å². The molecule has 1 aromatic carbocycles. The Bertz CT molecular complexity index is 816. The van der Waals surface area contributed by atoms with Gasteiger partial charge in [0.05, 0.1) is 30.9 Å². The van der Waals surface area contributed by atoms with E-state index in [1.54, 1.807) is 24.0 Å². The van der Waals surface area contributed by atoms with Crippen LogP contribution in [-0.4, -0.2) is 49.7 Å². The van der Waals surface area contributed by atoms with Crippen molar-refractivity contribution in [2.24, 2.45) is 0 Å². The van der Waals surface area contributed by atoms with Crippen LogP contribution < -0.4 is 4.74 Å². The van der Waals surface area contributed by atoms with Crippen LogP contribution in [0.5, 0.6) is 5.75 Å². The number of carbonyl (C=O) groups is 2. The molecular formula is C22H25NO5. The minimum absolute atomic E-state index is 0.00145. The lowest BCUT2D eigenvalue weighted by atomic mass is 10.0. The molecule has 1 amide bonds. The molecule has 0 radical (unpaired) electrons. The number of methoxy groups -OCH3 is 1. The summed E-state index contributed by atoms with van der Waals surface area (Å²) in [7, 11) is 1.32. The quantitative estimate of drug-likeness (QED) is 0.411. The Morgan fingerprint density at radius 1 is 1.36 bits per heavy atom. The molecule has 0 bridgehead atoms. The molecule has 148 valence electrons. The highest BCUT2D eigenvalue weighted by molar-refractivity contribution is 6.16. The fourth-order valence-electron chi connectivity index (χ4n) is 3.42.